The lowest BCUT2D eigenvalue weighted by Crippen LogP contribution is -2.12. The van der Waals surface area contributed by atoms with Gasteiger partial charge in [0.05, 0.1) is 53.0 Å². The van der Waals surface area contributed by atoms with Gasteiger partial charge in [-0.15, -0.1) is 0 Å². The molecule has 0 spiro atoms. The van der Waals surface area contributed by atoms with E-state index in [-0.39, 0.29) is 28.6 Å². The SMILES string of the molecule is CCCOc1c(OC)cc([C@H]2CC[C@H](c3cc(OC)c(OC)c(OC)c3)O2)cc1S(=O)(=O)CCC. The fourth-order valence-corrected chi connectivity index (χ4v) is 5.82. The summed E-state index contributed by atoms with van der Waals surface area (Å²) in [6, 6.07) is 7.26. The number of hydrogen-bond donors (Lipinski definition) is 0. The molecule has 35 heavy (non-hydrogen) atoms. The zero-order valence-corrected chi connectivity index (χ0v) is 22.2. The van der Waals surface area contributed by atoms with Gasteiger partial charge in [-0.2, -0.15) is 0 Å². The topological polar surface area (TPSA) is 89.5 Å². The first-order chi connectivity index (χ1) is 16.8. The van der Waals surface area contributed by atoms with Gasteiger partial charge in [0.15, 0.2) is 32.8 Å². The van der Waals surface area contributed by atoms with Gasteiger partial charge in [0, 0.05) is 0 Å². The Hall–Kier alpha value is -2.65. The van der Waals surface area contributed by atoms with Crippen molar-refractivity contribution in [1.82, 2.24) is 0 Å². The summed E-state index contributed by atoms with van der Waals surface area (Å²) >= 11 is 0. The minimum Gasteiger partial charge on any atom is -0.493 e. The molecule has 0 amide bonds. The van der Waals surface area contributed by atoms with E-state index in [0.29, 0.717) is 42.4 Å². The van der Waals surface area contributed by atoms with E-state index in [1.165, 1.54) is 7.11 Å². The number of hydrogen-bond acceptors (Lipinski definition) is 8. The highest BCUT2D eigenvalue weighted by atomic mass is 32.2. The third-order valence-corrected chi connectivity index (χ3v) is 7.89. The van der Waals surface area contributed by atoms with E-state index in [1.807, 2.05) is 32.0 Å². The molecule has 0 aromatic heterocycles. The third-order valence-electron chi connectivity index (χ3n) is 5.97. The first-order valence-corrected chi connectivity index (χ1v) is 13.5. The maximum absolute atomic E-state index is 13.1. The fourth-order valence-electron chi connectivity index (χ4n) is 4.31. The van der Waals surface area contributed by atoms with Gasteiger partial charge in [0.2, 0.25) is 5.75 Å². The Kier molecular flexibility index (Phi) is 9.13. The summed E-state index contributed by atoms with van der Waals surface area (Å²) in [6.07, 6.45) is 2.20. The molecule has 2 aromatic carbocycles. The number of rotatable bonds is 12. The van der Waals surface area contributed by atoms with Gasteiger partial charge < -0.3 is 28.4 Å². The van der Waals surface area contributed by atoms with Crippen LogP contribution in [0.3, 0.4) is 0 Å². The summed E-state index contributed by atoms with van der Waals surface area (Å²) in [6.45, 7) is 4.21. The number of benzene rings is 2. The van der Waals surface area contributed by atoms with Crippen LogP contribution < -0.4 is 23.7 Å². The van der Waals surface area contributed by atoms with Crippen LogP contribution in [-0.4, -0.2) is 49.2 Å². The van der Waals surface area contributed by atoms with Gasteiger partial charge in [-0.05, 0) is 61.1 Å². The van der Waals surface area contributed by atoms with Gasteiger partial charge >= 0.3 is 0 Å². The number of ether oxygens (including phenoxy) is 6. The molecule has 0 saturated carbocycles. The van der Waals surface area contributed by atoms with Crippen LogP contribution in [0.25, 0.3) is 0 Å². The molecule has 2 atom stereocenters. The van der Waals surface area contributed by atoms with Crippen molar-refractivity contribution >= 4 is 9.84 Å². The van der Waals surface area contributed by atoms with Crippen molar-refractivity contribution in [3.8, 4) is 28.7 Å². The lowest BCUT2D eigenvalue weighted by Gasteiger charge is -2.20. The summed E-state index contributed by atoms with van der Waals surface area (Å²) in [7, 11) is 2.68. The van der Waals surface area contributed by atoms with Crippen LogP contribution in [0, 0.1) is 0 Å². The Morgan fingerprint density at radius 1 is 0.771 bits per heavy atom. The molecule has 9 heteroatoms. The zero-order valence-electron chi connectivity index (χ0n) is 21.4. The highest BCUT2D eigenvalue weighted by Gasteiger charge is 2.32. The molecule has 0 radical (unpaired) electrons. The van der Waals surface area contributed by atoms with E-state index < -0.39 is 9.84 Å². The van der Waals surface area contributed by atoms with Crippen LogP contribution in [0.4, 0.5) is 0 Å². The van der Waals surface area contributed by atoms with E-state index in [1.54, 1.807) is 27.4 Å². The van der Waals surface area contributed by atoms with Crippen LogP contribution >= 0.6 is 0 Å². The van der Waals surface area contributed by atoms with E-state index in [9.17, 15) is 8.42 Å². The van der Waals surface area contributed by atoms with Gasteiger partial charge in [0.25, 0.3) is 0 Å². The number of sulfone groups is 1. The monoisotopic (exact) mass is 508 g/mol. The lowest BCUT2D eigenvalue weighted by molar-refractivity contribution is 0.0435. The van der Waals surface area contributed by atoms with E-state index in [4.69, 9.17) is 28.4 Å². The Morgan fingerprint density at radius 2 is 1.29 bits per heavy atom. The van der Waals surface area contributed by atoms with Crippen LogP contribution in [-0.2, 0) is 14.6 Å². The standard InChI is InChI=1S/C26H36O8S/c1-7-11-33-26-23(31-5)15-18(16-24(26)35(27,28)12-8-2)20-10-9-19(34-20)17-13-21(29-3)25(32-6)22(14-17)30-4/h13-16,19-20H,7-12H2,1-6H3/t19-,20-/m1/s1. The normalized spacial score (nSPS) is 17.8. The summed E-state index contributed by atoms with van der Waals surface area (Å²) in [5, 5.41) is 0. The fraction of sp³-hybridized carbons (Fsp3) is 0.538. The van der Waals surface area contributed by atoms with Crippen LogP contribution in [0.15, 0.2) is 29.2 Å². The van der Waals surface area contributed by atoms with Crippen molar-refractivity contribution in [2.24, 2.45) is 0 Å². The zero-order chi connectivity index (χ0) is 25.6. The number of methoxy groups -OCH3 is 4. The third kappa shape index (κ3) is 5.78. The Morgan fingerprint density at radius 3 is 1.74 bits per heavy atom. The molecule has 0 bridgehead atoms. The van der Waals surface area contributed by atoms with E-state index >= 15 is 0 Å². The maximum atomic E-state index is 13.1. The molecular formula is C26H36O8S. The minimum absolute atomic E-state index is 0.0294. The molecule has 1 aliphatic heterocycles. The predicted molar refractivity (Wildman–Crippen MR) is 133 cm³/mol. The van der Waals surface area contributed by atoms with E-state index in [2.05, 4.69) is 0 Å². The van der Waals surface area contributed by atoms with Crippen LogP contribution in [0.2, 0.25) is 0 Å². The average Bonchev–Trinajstić information content (AvgIpc) is 3.36. The maximum Gasteiger partial charge on any atom is 0.203 e. The second-order valence-corrected chi connectivity index (χ2v) is 10.4. The molecule has 1 saturated heterocycles. The Labute approximate surface area is 208 Å². The first kappa shape index (κ1) is 26.9. The average molecular weight is 509 g/mol. The smallest absolute Gasteiger partial charge is 0.203 e. The first-order valence-electron chi connectivity index (χ1n) is 11.9. The molecule has 194 valence electrons. The summed E-state index contributed by atoms with van der Waals surface area (Å²) < 4.78 is 60.4. The molecule has 0 aliphatic carbocycles. The molecule has 1 aliphatic rings. The van der Waals surface area contributed by atoms with Gasteiger partial charge in [-0.3, -0.25) is 0 Å². The van der Waals surface area contributed by atoms with Gasteiger partial charge in [0.1, 0.15) is 4.90 Å². The van der Waals surface area contributed by atoms with Crippen molar-refractivity contribution in [3.63, 3.8) is 0 Å². The second kappa shape index (κ2) is 11.9. The van der Waals surface area contributed by atoms with Gasteiger partial charge in [-0.25, -0.2) is 8.42 Å². The highest BCUT2D eigenvalue weighted by molar-refractivity contribution is 7.91. The Bertz CT molecular complexity index is 1090. The quantitative estimate of drug-likeness (QED) is 0.382. The molecule has 0 N–H and O–H groups in total. The predicted octanol–water partition coefficient (Wildman–Crippen LogP) is 5.29. The van der Waals surface area contributed by atoms with Crippen LogP contribution in [0.5, 0.6) is 28.7 Å². The molecule has 2 aromatic rings. The molecule has 1 fully saturated rings. The summed E-state index contributed by atoms with van der Waals surface area (Å²) in [4.78, 5) is 0.155. The second-order valence-electron chi connectivity index (χ2n) is 8.37. The van der Waals surface area contributed by atoms with Crippen molar-refractivity contribution in [1.29, 1.82) is 0 Å². The van der Waals surface area contributed by atoms with Crippen molar-refractivity contribution in [3.05, 3.63) is 35.4 Å². The molecule has 0 unspecified atom stereocenters. The van der Waals surface area contributed by atoms with Crippen molar-refractivity contribution < 1.29 is 36.8 Å². The summed E-state index contributed by atoms with van der Waals surface area (Å²) in [5.41, 5.74) is 1.64. The van der Waals surface area contributed by atoms with Crippen molar-refractivity contribution in [2.75, 3.05) is 40.8 Å². The lowest BCUT2D eigenvalue weighted by atomic mass is 10.0. The van der Waals surface area contributed by atoms with Crippen LogP contribution in [0.1, 0.15) is 62.9 Å². The molecule has 3 rings (SSSR count). The largest absolute Gasteiger partial charge is 0.493 e. The molecule has 8 nitrogen and oxygen atoms in total. The van der Waals surface area contributed by atoms with E-state index in [0.717, 1.165) is 24.0 Å². The Balaban J connectivity index is 1.98. The van der Waals surface area contributed by atoms with Crippen molar-refractivity contribution in [2.45, 2.75) is 56.6 Å². The van der Waals surface area contributed by atoms with Gasteiger partial charge in [-0.1, -0.05) is 13.8 Å². The minimum atomic E-state index is -3.55. The molecule has 1 heterocycles. The highest BCUT2D eigenvalue weighted by Crippen LogP contribution is 2.48. The molecular weight excluding hydrogens is 472 g/mol. The summed E-state index contributed by atoms with van der Waals surface area (Å²) in [5.74, 6) is 2.33.